The Morgan fingerprint density at radius 3 is 2.62 bits per heavy atom. The number of benzene rings is 2. The molecule has 1 fully saturated rings. The summed E-state index contributed by atoms with van der Waals surface area (Å²) in [6.07, 6.45) is 4.15. The Hall–Kier alpha value is -2.57. The predicted octanol–water partition coefficient (Wildman–Crippen LogP) is 3.79. The van der Waals surface area contributed by atoms with Gasteiger partial charge in [-0.2, -0.15) is 0 Å². The van der Waals surface area contributed by atoms with Crippen molar-refractivity contribution in [2.75, 3.05) is 50.8 Å². The van der Waals surface area contributed by atoms with E-state index < -0.39 is 0 Å². The van der Waals surface area contributed by atoms with E-state index in [1.165, 1.54) is 16.8 Å². The summed E-state index contributed by atoms with van der Waals surface area (Å²) < 4.78 is 11.8. The van der Waals surface area contributed by atoms with E-state index in [4.69, 9.17) is 15.2 Å². The maximum Gasteiger partial charge on any atom is 0.248 e. The van der Waals surface area contributed by atoms with Crippen molar-refractivity contribution in [3.05, 3.63) is 59.2 Å². The number of carbonyl (C=O) groups is 1. The van der Waals surface area contributed by atoms with Crippen molar-refractivity contribution in [3.8, 4) is 5.75 Å². The summed E-state index contributed by atoms with van der Waals surface area (Å²) in [5.41, 5.74) is 9.69. The Bertz CT molecular complexity index is 892. The molecule has 0 radical (unpaired) electrons. The standard InChI is InChI=1S/C26H35N3O3/c1-2-3-17-31-23-7-5-22(6-8-23)29-15-13-28(14-16-29)12-10-25-24-9-4-21(26(27)30)19-20(24)11-18-32-25/h4-9,19,25H,2-3,10-18H2,1H3,(H2,27,30). The molecule has 0 bridgehead atoms. The van der Waals surface area contributed by atoms with E-state index >= 15 is 0 Å². The Morgan fingerprint density at radius 1 is 1.12 bits per heavy atom. The molecule has 1 atom stereocenters. The third-order valence-corrected chi connectivity index (χ3v) is 6.51. The number of amides is 1. The number of nitrogens with zero attached hydrogens (tertiary/aromatic N) is 2. The van der Waals surface area contributed by atoms with E-state index in [0.717, 1.165) is 70.8 Å². The quantitative estimate of drug-likeness (QED) is 0.605. The lowest BCUT2D eigenvalue weighted by molar-refractivity contribution is 0.0289. The summed E-state index contributed by atoms with van der Waals surface area (Å²) in [5, 5.41) is 0. The minimum Gasteiger partial charge on any atom is -0.494 e. The number of nitrogens with two attached hydrogens (primary N) is 1. The molecule has 1 unspecified atom stereocenters. The highest BCUT2D eigenvalue weighted by Crippen LogP contribution is 2.31. The van der Waals surface area contributed by atoms with Crippen LogP contribution < -0.4 is 15.4 Å². The number of carbonyl (C=O) groups excluding carboxylic acids is 1. The van der Waals surface area contributed by atoms with Crippen LogP contribution in [0, 0.1) is 0 Å². The number of hydrogen-bond acceptors (Lipinski definition) is 5. The van der Waals surface area contributed by atoms with Crippen LogP contribution in [-0.4, -0.2) is 56.7 Å². The smallest absolute Gasteiger partial charge is 0.248 e. The van der Waals surface area contributed by atoms with Crippen molar-refractivity contribution in [1.82, 2.24) is 4.90 Å². The molecule has 0 spiro atoms. The van der Waals surface area contributed by atoms with Gasteiger partial charge in [0, 0.05) is 44.0 Å². The number of unbranched alkanes of at least 4 members (excludes halogenated alkanes) is 1. The first-order valence-corrected chi connectivity index (χ1v) is 11.9. The number of primary amides is 1. The van der Waals surface area contributed by atoms with Gasteiger partial charge in [-0.25, -0.2) is 0 Å². The van der Waals surface area contributed by atoms with Crippen LogP contribution >= 0.6 is 0 Å². The average Bonchev–Trinajstić information content (AvgIpc) is 2.83. The second kappa shape index (κ2) is 10.8. The van der Waals surface area contributed by atoms with Crippen LogP contribution in [-0.2, 0) is 11.2 Å². The number of hydrogen-bond donors (Lipinski definition) is 1. The predicted molar refractivity (Wildman–Crippen MR) is 127 cm³/mol. The van der Waals surface area contributed by atoms with Crippen LogP contribution in [0.3, 0.4) is 0 Å². The summed E-state index contributed by atoms with van der Waals surface area (Å²) in [6, 6.07) is 14.3. The number of piperazine rings is 1. The maximum absolute atomic E-state index is 11.5. The Kier molecular flexibility index (Phi) is 7.66. The molecule has 2 heterocycles. The number of fused-ring (bicyclic) bond motifs is 1. The normalized spacial score (nSPS) is 18.9. The van der Waals surface area contributed by atoms with E-state index in [9.17, 15) is 4.79 Å². The van der Waals surface area contributed by atoms with Gasteiger partial charge in [0.15, 0.2) is 0 Å². The molecule has 172 valence electrons. The molecule has 4 rings (SSSR count). The van der Waals surface area contributed by atoms with Gasteiger partial charge in [0.1, 0.15) is 5.75 Å². The molecule has 32 heavy (non-hydrogen) atoms. The molecule has 0 saturated carbocycles. The molecule has 0 aliphatic carbocycles. The van der Waals surface area contributed by atoms with Gasteiger partial charge in [0.25, 0.3) is 0 Å². The van der Waals surface area contributed by atoms with Crippen LogP contribution in [0.4, 0.5) is 5.69 Å². The van der Waals surface area contributed by atoms with Gasteiger partial charge in [-0.1, -0.05) is 19.4 Å². The van der Waals surface area contributed by atoms with E-state index in [-0.39, 0.29) is 12.0 Å². The highest BCUT2D eigenvalue weighted by atomic mass is 16.5. The van der Waals surface area contributed by atoms with Crippen molar-refractivity contribution in [2.45, 2.75) is 38.7 Å². The van der Waals surface area contributed by atoms with Crippen LogP contribution in [0.5, 0.6) is 5.75 Å². The van der Waals surface area contributed by atoms with Crippen molar-refractivity contribution in [3.63, 3.8) is 0 Å². The van der Waals surface area contributed by atoms with Crippen LogP contribution in [0.1, 0.15) is 53.8 Å². The summed E-state index contributed by atoms with van der Waals surface area (Å²) in [5.74, 6) is 0.587. The van der Waals surface area contributed by atoms with Crippen molar-refractivity contribution < 1.29 is 14.3 Å². The molecule has 1 amide bonds. The Labute approximate surface area is 191 Å². The zero-order chi connectivity index (χ0) is 22.3. The molecule has 2 N–H and O–H groups in total. The highest BCUT2D eigenvalue weighted by molar-refractivity contribution is 5.93. The van der Waals surface area contributed by atoms with Crippen molar-refractivity contribution in [1.29, 1.82) is 0 Å². The summed E-state index contributed by atoms with van der Waals surface area (Å²) >= 11 is 0. The summed E-state index contributed by atoms with van der Waals surface area (Å²) in [6.45, 7) is 8.83. The van der Waals surface area contributed by atoms with Gasteiger partial charge >= 0.3 is 0 Å². The van der Waals surface area contributed by atoms with Gasteiger partial charge in [0.05, 0.1) is 19.3 Å². The zero-order valence-electron chi connectivity index (χ0n) is 19.1. The molecular formula is C26H35N3O3. The molecule has 6 heteroatoms. The monoisotopic (exact) mass is 437 g/mol. The molecular weight excluding hydrogens is 402 g/mol. The van der Waals surface area contributed by atoms with E-state index in [0.29, 0.717) is 12.2 Å². The Morgan fingerprint density at radius 2 is 1.91 bits per heavy atom. The first kappa shape index (κ1) is 22.6. The molecule has 2 aliphatic heterocycles. The lowest BCUT2D eigenvalue weighted by Crippen LogP contribution is -2.46. The van der Waals surface area contributed by atoms with Gasteiger partial charge in [-0.05, 0) is 66.8 Å². The van der Waals surface area contributed by atoms with Gasteiger partial charge in [-0.3, -0.25) is 9.69 Å². The topological polar surface area (TPSA) is 68.0 Å². The minimum absolute atomic E-state index is 0.0963. The fourth-order valence-corrected chi connectivity index (χ4v) is 4.55. The minimum atomic E-state index is -0.368. The summed E-state index contributed by atoms with van der Waals surface area (Å²) in [4.78, 5) is 16.4. The second-order valence-corrected chi connectivity index (χ2v) is 8.70. The summed E-state index contributed by atoms with van der Waals surface area (Å²) in [7, 11) is 0. The van der Waals surface area contributed by atoms with Crippen LogP contribution in [0.25, 0.3) is 0 Å². The van der Waals surface area contributed by atoms with Gasteiger partial charge in [0.2, 0.25) is 5.91 Å². The van der Waals surface area contributed by atoms with Crippen LogP contribution in [0.15, 0.2) is 42.5 Å². The fourth-order valence-electron chi connectivity index (χ4n) is 4.55. The van der Waals surface area contributed by atoms with E-state index in [1.807, 2.05) is 18.2 Å². The SMILES string of the molecule is CCCCOc1ccc(N2CCN(CCC3OCCc4cc(C(N)=O)ccc43)CC2)cc1. The van der Waals surface area contributed by atoms with Crippen molar-refractivity contribution in [2.24, 2.45) is 5.73 Å². The van der Waals surface area contributed by atoms with E-state index in [1.54, 1.807) is 0 Å². The average molecular weight is 438 g/mol. The fraction of sp³-hybridized carbons (Fsp3) is 0.500. The molecule has 0 aromatic heterocycles. The first-order valence-electron chi connectivity index (χ1n) is 11.9. The lowest BCUT2D eigenvalue weighted by atomic mass is 9.93. The second-order valence-electron chi connectivity index (χ2n) is 8.70. The number of ether oxygens (including phenoxy) is 2. The highest BCUT2D eigenvalue weighted by Gasteiger charge is 2.24. The molecule has 6 nitrogen and oxygen atoms in total. The van der Waals surface area contributed by atoms with Crippen molar-refractivity contribution >= 4 is 11.6 Å². The lowest BCUT2D eigenvalue weighted by Gasteiger charge is -2.37. The number of anilines is 1. The zero-order valence-corrected chi connectivity index (χ0v) is 19.1. The maximum atomic E-state index is 11.5. The van der Waals surface area contributed by atoms with E-state index in [2.05, 4.69) is 41.0 Å². The van der Waals surface area contributed by atoms with Crippen LogP contribution in [0.2, 0.25) is 0 Å². The molecule has 2 aromatic rings. The molecule has 2 aliphatic rings. The van der Waals surface area contributed by atoms with Gasteiger partial charge in [-0.15, -0.1) is 0 Å². The largest absolute Gasteiger partial charge is 0.494 e. The first-order chi connectivity index (χ1) is 15.6. The third kappa shape index (κ3) is 5.61. The molecule has 2 aromatic carbocycles. The van der Waals surface area contributed by atoms with Gasteiger partial charge < -0.3 is 20.1 Å². The Balaban J connectivity index is 1.25. The number of rotatable bonds is 9. The third-order valence-electron chi connectivity index (χ3n) is 6.51. The molecule has 1 saturated heterocycles.